The fourth-order valence-corrected chi connectivity index (χ4v) is 2.69. The molecule has 0 spiro atoms. The first kappa shape index (κ1) is 14.4. The van der Waals surface area contributed by atoms with Crippen LogP contribution in [0.15, 0.2) is 24.3 Å². The van der Waals surface area contributed by atoms with E-state index < -0.39 is 5.60 Å². The minimum absolute atomic E-state index is 0.250. The predicted molar refractivity (Wildman–Crippen MR) is 77.4 cm³/mol. The molecule has 0 saturated heterocycles. The third kappa shape index (κ3) is 3.95. The van der Waals surface area contributed by atoms with Gasteiger partial charge in [0, 0.05) is 12.6 Å². The topological polar surface area (TPSA) is 41.5 Å². The number of benzene rings is 1. The van der Waals surface area contributed by atoms with Gasteiger partial charge in [-0.2, -0.15) is 0 Å². The molecule has 0 aliphatic heterocycles. The lowest BCUT2D eigenvalue weighted by Crippen LogP contribution is -2.39. The molecule has 0 aromatic heterocycles. The van der Waals surface area contributed by atoms with Crippen LogP contribution in [0.1, 0.15) is 51.1 Å². The highest BCUT2D eigenvalue weighted by molar-refractivity contribution is 5.28. The number of nitrogens with one attached hydrogen (secondary N) is 1. The van der Waals surface area contributed by atoms with Gasteiger partial charge in [-0.05, 0) is 44.4 Å². The lowest BCUT2D eigenvalue weighted by Gasteiger charge is -2.25. The fourth-order valence-electron chi connectivity index (χ4n) is 2.69. The van der Waals surface area contributed by atoms with Crippen molar-refractivity contribution in [1.29, 1.82) is 0 Å². The predicted octanol–water partition coefficient (Wildman–Crippen LogP) is 3.04. The highest BCUT2D eigenvalue weighted by atomic mass is 16.5. The van der Waals surface area contributed by atoms with Gasteiger partial charge >= 0.3 is 0 Å². The van der Waals surface area contributed by atoms with Crippen molar-refractivity contribution in [2.75, 3.05) is 13.2 Å². The SMILES string of the molecule is CCOc1ccc(C(C)NCC2(O)CCCC2)cc1. The molecule has 1 aliphatic carbocycles. The van der Waals surface area contributed by atoms with E-state index in [0.717, 1.165) is 31.4 Å². The summed E-state index contributed by atoms with van der Waals surface area (Å²) in [5.41, 5.74) is 0.740. The van der Waals surface area contributed by atoms with Crippen LogP contribution in [0.5, 0.6) is 5.75 Å². The van der Waals surface area contributed by atoms with E-state index in [0.29, 0.717) is 13.2 Å². The van der Waals surface area contributed by atoms with Crippen molar-refractivity contribution < 1.29 is 9.84 Å². The fraction of sp³-hybridized carbons (Fsp3) is 0.625. The van der Waals surface area contributed by atoms with E-state index in [9.17, 15) is 5.11 Å². The molecule has 1 saturated carbocycles. The van der Waals surface area contributed by atoms with E-state index >= 15 is 0 Å². The summed E-state index contributed by atoms with van der Waals surface area (Å²) in [6, 6.07) is 8.42. The number of aliphatic hydroxyl groups is 1. The molecule has 1 fully saturated rings. The second-order valence-corrected chi connectivity index (χ2v) is 5.54. The van der Waals surface area contributed by atoms with Crippen LogP contribution in [0.25, 0.3) is 0 Å². The molecule has 2 rings (SSSR count). The molecule has 0 heterocycles. The zero-order valence-corrected chi connectivity index (χ0v) is 12.0. The summed E-state index contributed by atoms with van der Waals surface area (Å²) in [5, 5.41) is 13.8. The monoisotopic (exact) mass is 263 g/mol. The van der Waals surface area contributed by atoms with Gasteiger partial charge in [0.25, 0.3) is 0 Å². The first-order valence-electron chi connectivity index (χ1n) is 7.31. The van der Waals surface area contributed by atoms with Gasteiger partial charge in [-0.15, -0.1) is 0 Å². The van der Waals surface area contributed by atoms with E-state index in [-0.39, 0.29) is 6.04 Å². The van der Waals surface area contributed by atoms with E-state index in [1.807, 2.05) is 19.1 Å². The smallest absolute Gasteiger partial charge is 0.119 e. The van der Waals surface area contributed by atoms with Crippen molar-refractivity contribution in [3.05, 3.63) is 29.8 Å². The summed E-state index contributed by atoms with van der Waals surface area (Å²) in [4.78, 5) is 0. The Morgan fingerprint density at radius 1 is 1.26 bits per heavy atom. The quantitative estimate of drug-likeness (QED) is 0.829. The van der Waals surface area contributed by atoms with Crippen LogP contribution in [-0.2, 0) is 0 Å². The van der Waals surface area contributed by atoms with Crippen LogP contribution in [0.2, 0.25) is 0 Å². The minimum Gasteiger partial charge on any atom is -0.494 e. The zero-order valence-electron chi connectivity index (χ0n) is 12.0. The molecular formula is C16H25NO2. The Morgan fingerprint density at radius 3 is 2.47 bits per heavy atom. The average molecular weight is 263 g/mol. The summed E-state index contributed by atoms with van der Waals surface area (Å²) in [6.45, 7) is 5.50. The second-order valence-electron chi connectivity index (χ2n) is 5.54. The molecule has 0 amide bonds. The van der Waals surface area contributed by atoms with Gasteiger partial charge < -0.3 is 15.2 Å². The summed E-state index contributed by atoms with van der Waals surface area (Å²) >= 11 is 0. The summed E-state index contributed by atoms with van der Waals surface area (Å²) in [7, 11) is 0. The van der Waals surface area contributed by atoms with Crippen molar-refractivity contribution in [1.82, 2.24) is 5.32 Å². The van der Waals surface area contributed by atoms with Gasteiger partial charge in [0.05, 0.1) is 12.2 Å². The van der Waals surface area contributed by atoms with Crippen molar-refractivity contribution in [2.24, 2.45) is 0 Å². The second kappa shape index (κ2) is 6.40. The summed E-state index contributed by atoms with van der Waals surface area (Å²) < 4.78 is 5.44. The molecule has 3 heteroatoms. The summed E-state index contributed by atoms with van der Waals surface area (Å²) in [6.07, 6.45) is 4.15. The van der Waals surface area contributed by atoms with Gasteiger partial charge in [0.15, 0.2) is 0 Å². The molecule has 1 aromatic rings. The first-order chi connectivity index (χ1) is 9.13. The minimum atomic E-state index is -0.487. The zero-order chi connectivity index (χ0) is 13.7. The van der Waals surface area contributed by atoms with Crippen molar-refractivity contribution in [2.45, 2.75) is 51.2 Å². The molecule has 19 heavy (non-hydrogen) atoms. The maximum absolute atomic E-state index is 10.3. The largest absolute Gasteiger partial charge is 0.494 e. The molecular weight excluding hydrogens is 238 g/mol. The third-order valence-corrected chi connectivity index (χ3v) is 3.96. The molecule has 3 nitrogen and oxygen atoms in total. The number of ether oxygens (including phenoxy) is 1. The van der Waals surface area contributed by atoms with Crippen molar-refractivity contribution in [3.63, 3.8) is 0 Å². The van der Waals surface area contributed by atoms with Gasteiger partial charge in [-0.25, -0.2) is 0 Å². The van der Waals surface area contributed by atoms with Crippen LogP contribution in [0.4, 0.5) is 0 Å². The molecule has 1 atom stereocenters. The van der Waals surface area contributed by atoms with Gasteiger partial charge in [-0.3, -0.25) is 0 Å². The Balaban J connectivity index is 1.86. The van der Waals surface area contributed by atoms with Crippen molar-refractivity contribution >= 4 is 0 Å². The highest BCUT2D eigenvalue weighted by Crippen LogP contribution is 2.29. The van der Waals surface area contributed by atoms with Gasteiger partial charge in [-0.1, -0.05) is 25.0 Å². The number of rotatable bonds is 6. The Kier molecular flexibility index (Phi) is 4.83. The van der Waals surface area contributed by atoms with Crippen LogP contribution in [0, 0.1) is 0 Å². The maximum Gasteiger partial charge on any atom is 0.119 e. The Morgan fingerprint density at radius 2 is 1.89 bits per heavy atom. The van der Waals surface area contributed by atoms with Crippen LogP contribution < -0.4 is 10.1 Å². The number of hydrogen-bond donors (Lipinski definition) is 2. The average Bonchev–Trinajstić information content (AvgIpc) is 2.85. The number of hydrogen-bond acceptors (Lipinski definition) is 3. The molecule has 0 radical (unpaired) electrons. The lowest BCUT2D eigenvalue weighted by atomic mass is 10.0. The van der Waals surface area contributed by atoms with Crippen LogP contribution in [-0.4, -0.2) is 23.9 Å². The lowest BCUT2D eigenvalue weighted by molar-refractivity contribution is 0.0453. The van der Waals surface area contributed by atoms with Crippen molar-refractivity contribution in [3.8, 4) is 5.75 Å². The third-order valence-electron chi connectivity index (χ3n) is 3.96. The normalized spacial score (nSPS) is 19.3. The Labute approximate surface area is 116 Å². The molecule has 0 bridgehead atoms. The molecule has 106 valence electrons. The Hall–Kier alpha value is -1.06. The van der Waals surface area contributed by atoms with E-state index in [4.69, 9.17) is 4.74 Å². The van der Waals surface area contributed by atoms with Gasteiger partial charge in [0.1, 0.15) is 5.75 Å². The molecule has 1 aromatic carbocycles. The molecule has 2 N–H and O–H groups in total. The van der Waals surface area contributed by atoms with Crippen LogP contribution in [0.3, 0.4) is 0 Å². The van der Waals surface area contributed by atoms with E-state index in [1.165, 1.54) is 5.56 Å². The van der Waals surface area contributed by atoms with E-state index in [1.54, 1.807) is 0 Å². The summed E-state index contributed by atoms with van der Waals surface area (Å²) in [5.74, 6) is 0.910. The standard InChI is InChI=1S/C16H25NO2/c1-3-19-15-8-6-14(7-9-15)13(2)17-12-16(18)10-4-5-11-16/h6-9,13,17-18H,3-5,10-12H2,1-2H3. The molecule has 1 aliphatic rings. The molecule has 1 unspecified atom stereocenters. The maximum atomic E-state index is 10.3. The Bertz CT molecular complexity index is 382. The van der Waals surface area contributed by atoms with Gasteiger partial charge in [0.2, 0.25) is 0 Å². The first-order valence-corrected chi connectivity index (χ1v) is 7.31. The van der Waals surface area contributed by atoms with Crippen LogP contribution >= 0.6 is 0 Å². The highest BCUT2D eigenvalue weighted by Gasteiger charge is 2.30. The van der Waals surface area contributed by atoms with E-state index in [2.05, 4.69) is 24.4 Å².